The van der Waals surface area contributed by atoms with Gasteiger partial charge in [0.1, 0.15) is 0 Å². The Hall–Kier alpha value is -3.27. The molecule has 0 N–H and O–H groups in total. The second kappa shape index (κ2) is 7.63. The molecule has 0 spiro atoms. The standard InChI is InChI=1S/C25H23NO3/c27-25(14-18-6-8-20(9-7-18)19-4-2-1-3-5-19)26-13-12-22(16-26)21-10-11-23-24(15-21)29-17-28-23/h1-11,15,22H,12-14,16-17H2. The molecule has 4 heteroatoms. The first-order valence-electron chi connectivity index (χ1n) is 10.1. The van der Waals surface area contributed by atoms with Crippen LogP contribution in [0.4, 0.5) is 0 Å². The Bertz CT molecular complexity index is 1010. The van der Waals surface area contributed by atoms with E-state index in [2.05, 4.69) is 48.5 Å². The number of rotatable bonds is 4. The van der Waals surface area contributed by atoms with Gasteiger partial charge < -0.3 is 14.4 Å². The average molecular weight is 385 g/mol. The number of nitrogens with zero attached hydrogens (tertiary/aromatic N) is 1. The van der Waals surface area contributed by atoms with Crippen LogP contribution in [0, 0.1) is 0 Å². The fourth-order valence-corrected chi connectivity index (χ4v) is 4.16. The Balaban J connectivity index is 1.22. The van der Waals surface area contributed by atoms with Crippen LogP contribution in [-0.4, -0.2) is 30.7 Å². The van der Waals surface area contributed by atoms with Crippen LogP contribution >= 0.6 is 0 Å². The first kappa shape index (κ1) is 17.8. The molecular formula is C25H23NO3. The van der Waals surface area contributed by atoms with E-state index < -0.39 is 0 Å². The third-order valence-corrected chi connectivity index (χ3v) is 5.83. The summed E-state index contributed by atoms with van der Waals surface area (Å²) in [6.45, 7) is 1.86. The Labute approximate surface area is 170 Å². The maximum atomic E-state index is 12.8. The predicted molar refractivity (Wildman–Crippen MR) is 112 cm³/mol. The van der Waals surface area contributed by atoms with Gasteiger partial charge in [0.15, 0.2) is 11.5 Å². The summed E-state index contributed by atoms with van der Waals surface area (Å²) in [5.41, 5.74) is 4.64. The molecule has 0 saturated carbocycles. The molecule has 3 aromatic rings. The molecule has 146 valence electrons. The first-order valence-corrected chi connectivity index (χ1v) is 10.1. The van der Waals surface area contributed by atoms with Crippen molar-refractivity contribution in [2.75, 3.05) is 19.9 Å². The van der Waals surface area contributed by atoms with E-state index in [4.69, 9.17) is 9.47 Å². The third-order valence-electron chi connectivity index (χ3n) is 5.83. The molecule has 2 aliphatic heterocycles. The van der Waals surface area contributed by atoms with E-state index in [1.807, 2.05) is 29.2 Å². The summed E-state index contributed by atoms with van der Waals surface area (Å²) in [6, 6.07) is 24.7. The number of likely N-dealkylation sites (tertiary alicyclic amines) is 1. The van der Waals surface area contributed by atoms with E-state index in [9.17, 15) is 4.79 Å². The largest absolute Gasteiger partial charge is 0.454 e. The van der Waals surface area contributed by atoms with Gasteiger partial charge in [-0.25, -0.2) is 0 Å². The van der Waals surface area contributed by atoms with Gasteiger partial charge >= 0.3 is 0 Å². The maximum absolute atomic E-state index is 12.8. The molecular weight excluding hydrogens is 362 g/mol. The number of amides is 1. The van der Waals surface area contributed by atoms with Gasteiger partial charge in [0.05, 0.1) is 6.42 Å². The van der Waals surface area contributed by atoms with Crippen molar-refractivity contribution in [3.63, 3.8) is 0 Å². The van der Waals surface area contributed by atoms with Gasteiger partial charge in [0, 0.05) is 19.0 Å². The highest BCUT2D eigenvalue weighted by Gasteiger charge is 2.28. The zero-order valence-electron chi connectivity index (χ0n) is 16.2. The van der Waals surface area contributed by atoms with Gasteiger partial charge in [-0.2, -0.15) is 0 Å². The lowest BCUT2D eigenvalue weighted by molar-refractivity contribution is -0.129. The topological polar surface area (TPSA) is 38.8 Å². The summed E-state index contributed by atoms with van der Waals surface area (Å²) in [4.78, 5) is 14.8. The summed E-state index contributed by atoms with van der Waals surface area (Å²) in [5, 5.41) is 0. The van der Waals surface area contributed by atoms with Gasteiger partial charge in [-0.1, -0.05) is 60.7 Å². The molecule has 0 aromatic heterocycles. The number of carbonyl (C=O) groups excluding carboxylic acids is 1. The van der Waals surface area contributed by atoms with Gasteiger partial charge in [-0.05, 0) is 40.8 Å². The van der Waals surface area contributed by atoms with Crippen LogP contribution < -0.4 is 9.47 Å². The van der Waals surface area contributed by atoms with Crippen molar-refractivity contribution in [3.8, 4) is 22.6 Å². The van der Waals surface area contributed by atoms with E-state index in [-0.39, 0.29) is 12.7 Å². The van der Waals surface area contributed by atoms with Crippen LogP contribution in [0.25, 0.3) is 11.1 Å². The summed E-state index contributed by atoms with van der Waals surface area (Å²) in [7, 11) is 0. The quantitative estimate of drug-likeness (QED) is 0.657. The van der Waals surface area contributed by atoms with E-state index in [0.717, 1.165) is 36.6 Å². The van der Waals surface area contributed by atoms with Crippen molar-refractivity contribution in [2.24, 2.45) is 0 Å². The molecule has 1 amide bonds. The first-order chi connectivity index (χ1) is 14.3. The summed E-state index contributed by atoms with van der Waals surface area (Å²) < 4.78 is 10.9. The summed E-state index contributed by atoms with van der Waals surface area (Å²) in [6.07, 6.45) is 1.43. The van der Waals surface area contributed by atoms with E-state index in [1.165, 1.54) is 16.7 Å². The van der Waals surface area contributed by atoms with Gasteiger partial charge in [0.25, 0.3) is 0 Å². The molecule has 3 aromatic carbocycles. The molecule has 4 nitrogen and oxygen atoms in total. The highest BCUT2D eigenvalue weighted by Crippen LogP contribution is 2.37. The third kappa shape index (κ3) is 3.70. The number of ether oxygens (including phenoxy) is 2. The molecule has 2 aliphatic rings. The highest BCUT2D eigenvalue weighted by atomic mass is 16.7. The number of hydrogen-bond acceptors (Lipinski definition) is 3. The van der Waals surface area contributed by atoms with E-state index >= 15 is 0 Å². The van der Waals surface area contributed by atoms with Crippen molar-refractivity contribution in [3.05, 3.63) is 83.9 Å². The minimum Gasteiger partial charge on any atom is -0.454 e. The Morgan fingerprint density at radius 1 is 0.897 bits per heavy atom. The van der Waals surface area contributed by atoms with E-state index in [0.29, 0.717) is 12.3 Å². The minimum atomic E-state index is 0.195. The van der Waals surface area contributed by atoms with Crippen LogP contribution in [0.1, 0.15) is 23.5 Å². The van der Waals surface area contributed by atoms with Crippen molar-refractivity contribution >= 4 is 5.91 Å². The fraction of sp³-hybridized carbons (Fsp3) is 0.240. The molecule has 1 saturated heterocycles. The lowest BCUT2D eigenvalue weighted by Gasteiger charge is -2.17. The molecule has 0 aliphatic carbocycles. The van der Waals surface area contributed by atoms with Gasteiger partial charge in [-0.15, -0.1) is 0 Å². The molecule has 5 rings (SSSR count). The highest BCUT2D eigenvalue weighted by molar-refractivity contribution is 5.79. The molecule has 1 atom stereocenters. The van der Waals surface area contributed by atoms with E-state index in [1.54, 1.807) is 0 Å². The molecule has 0 radical (unpaired) electrons. The minimum absolute atomic E-state index is 0.195. The van der Waals surface area contributed by atoms with Crippen LogP contribution in [0.2, 0.25) is 0 Å². The lowest BCUT2D eigenvalue weighted by atomic mass is 9.98. The number of fused-ring (bicyclic) bond motifs is 1. The monoisotopic (exact) mass is 385 g/mol. The fourth-order valence-electron chi connectivity index (χ4n) is 4.16. The average Bonchev–Trinajstić information content (AvgIpc) is 3.44. The zero-order chi connectivity index (χ0) is 19.6. The second-order valence-corrected chi connectivity index (χ2v) is 7.68. The molecule has 29 heavy (non-hydrogen) atoms. The molecule has 0 bridgehead atoms. The Kier molecular flexibility index (Phi) is 4.68. The van der Waals surface area contributed by atoms with Crippen molar-refractivity contribution < 1.29 is 14.3 Å². The normalized spacial score (nSPS) is 17.5. The maximum Gasteiger partial charge on any atom is 0.231 e. The predicted octanol–water partition coefficient (Wildman–Crippen LogP) is 4.64. The molecule has 1 fully saturated rings. The smallest absolute Gasteiger partial charge is 0.231 e. The Morgan fingerprint density at radius 2 is 1.66 bits per heavy atom. The van der Waals surface area contributed by atoms with Crippen LogP contribution in [0.3, 0.4) is 0 Å². The number of carbonyl (C=O) groups is 1. The van der Waals surface area contributed by atoms with Crippen molar-refractivity contribution in [1.29, 1.82) is 0 Å². The van der Waals surface area contributed by atoms with Gasteiger partial charge in [-0.3, -0.25) is 4.79 Å². The lowest BCUT2D eigenvalue weighted by Crippen LogP contribution is -2.29. The second-order valence-electron chi connectivity index (χ2n) is 7.68. The summed E-state index contributed by atoms with van der Waals surface area (Å²) in [5.74, 6) is 2.17. The SMILES string of the molecule is O=C(Cc1ccc(-c2ccccc2)cc1)N1CCC(c2ccc3c(c2)OCO3)C1. The van der Waals surface area contributed by atoms with Crippen molar-refractivity contribution in [1.82, 2.24) is 4.90 Å². The van der Waals surface area contributed by atoms with Crippen molar-refractivity contribution in [2.45, 2.75) is 18.8 Å². The molecule has 1 unspecified atom stereocenters. The zero-order valence-corrected chi connectivity index (χ0v) is 16.2. The van der Waals surface area contributed by atoms with Crippen LogP contribution in [-0.2, 0) is 11.2 Å². The van der Waals surface area contributed by atoms with Crippen LogP contribution in [0.15, 0.2) is 72.8 Å². The van der Waals surface area contributed by atoms with Gasteiger partial charge in [0.2, 0.25) is 12.7 Å². The molecule has 2 heterocycles. The summed E-state index contributed by atoms with van der Waals surface area (Å²) >= 11 is 0. The number of benzene rings is 3. The number of hydrogen-bond donors (Lipinski definition) is 0. The van der Waals surface area contributed by atoms with Crippen LogP contribution in [0.5, 0.6) is 11.5 Å². The Morgan fingerprint density at radius 3 is 2.48 bits per heavy atom.